The maximum Gasteiger partial charge on any atom is 0.327 e. The minimum Gasteiger partial charge on any atom is -0.313 e. The molecule has 33 heavy (non-hydrogen) atoms. The average Bonchev–Trinajstić information content (AvgIpc) is 2.93. The van der Waals surface area contributed by atoms with E-state index < -0.39 is 51.4 Å². The highest BCUT2D eigenvalue weighted by atomic mass is 35.5. The number of amides is 4. The highest BCUT2D eigenvalue weighted by molar-refractivity contribution is 7.91. The third-order valence-corrected chi connectivity index (χ3v) is 7.90. The Morgan fingerprint density at radius 1 is 1.06 bits per heavy atom. The van der Waals surface area contributed by atoms with E-state index in [-0.39, 0.29) is 4.90 Å². The van der Waals surface area contributed by atoms with Crippen molar-refractivity contribution < 1.29 is 28.0 Å². The van der Waals surface area contributed by atoms with Gasteiger partial charge in [-0.05, 0) is 49.2 Å². The van der Waals surface area contributed by atoms with Crippen molar-refractivity contribution in [3.05, 3.63) is 53.6 Å². The van der Waals surface area contributed by atoms with Gasteiger partial charge in [0, 0.05) is 18.6 Å². The number of rotatable bonds is 7. The van der Waals surface area contributed by atoms with Crippen LogP contribution in [0.3, 0.4) is 0 Å². The molecule has 3 rings (SSSR count). The lowest BCUT2D eigenvalue weighted by molar-refractivity contribution is -0.135. The summed E-state index contributed by atoms with van der Waals surface area (Å²) in [5.41, 5.74) is 1.92. The van der Waals surface area contributed by atoms with Crippen LogP contribution in [0, 0.1) is 5.92 Å². The van der Waals surface area contributed by atoms with Gasteiger partial charge in [0.05, 0.1) is 16.6 Å². The first-order valence-corrected chi connectivity index (χ1v) is 12.0. The number of hydrogen-bond acceptors (Lipinski definition) is 6. The number of likely N-dealkylation sites (N-methyl/N-ethyl adjacent to an activating group) is 1. The Morgan fingerprint density at radius 2 is 1.58 bits per heavy atom. The molecule has 2 N–H and O–H groups in total. The zero-order valence-corrected chi connectivity index (χ0v) is 19.9. The van der Waals surface area contributed by atoms with Crippen molar-refractivity contribution in [3.8, 4) is 11.1 Å². The predicted octanol–water partition coefficient (Wildman–Crippen LogP) is 2.57. The Hall–Kier alpha value is -2.95. The lowest BCUT2D eigenvalue weighted by Gasteiger charge is -2.22. The summed E-state index contributed by atoms with van der Waals surface area (Å²) < 4.78 is 26.0. The minimum absolute atomic E-state index is 0.0347. The van der Waals surface area contributed by atoms with Crippen LogP contribution in [0.15, 0.2) is 53.4 Å². The number of hydrogen-bond donors (Lipinski definition) is 2. The Morgan fingerprint density at radius 3 is 2.03 bits per heavy atom. The number of hydroxylamine groups is 1. The van der Waals surface area contributed by atoms with E-state index in [2.05, 4.69) is 0 Å². The van der Waals surface area contributed by atoms with E-state index in [4.69, 9.17) is 16.8 Å². The number of carbonyl (C=O) groups is 3. The third-order valence-electron chi connectivity index (χ3n) is 5.82. The van der Waals surface area contributed by atoms with Crippen LogP contribution in [0.25, 0.3) is 11.1 Å². The van der Waals surface area contributed by atoms with Gasteiger partial charge in [-0.25, -0.2) is 18.7 Å². The summed E-state index contributed by atoms with van der Waals surface area (Å²) in [6, 6.07) is 12.5. The topological polar surface area (TPSA) is 124 Å². The van der Waals surface area contributed by atoms with Gasteiger partial charge in [-0.1, -0.05) is 35.9 Å². The van der Waals surface area contributed by atoms with Gasteiger partial charge in [-0.2, -0.15) is 0 Å². The molecule has 9 nitrogen and oxygen atoms in total. The van der Waals surface area contributed by atoms with E-state index in [1.807, 2.05) is 0 Å². The first-order chi connectivity index (χ1) is 15.4. The van der Waals surface area contributed by atoms with E-state index >= 15 is 0 Å². The highest BCUT2D eigenvalue weighted by Crippen LogP contribution is 2.28. The molecule has 1 saturated heterocycles. The molecule has 4 amide bonds. The zero-order valence-electron chi connectivity index (χ0n) is 18.3. The van der Waals surface area contributed by atoms with Crippen molar-refractivity contribution in [1.82, 2.24) is 15.3 Å². The van der Waals surface area contributed by atoms with Crippen LogP contribution in [0.2, 0.25) is 5.02 Å². The van der Waals surface area contributed by atoms with Crippen molar-refractivity contribution in [2.24, 2.45) is 5.92 Å². The lowest BCUT2D eigenvalue weighted by atomic mass is 10.0. The maximum absolute atomic E-state index is 13.0. The molecule has 1 aliphatic heterocycles. The molecular weight excluding hydrogens is 470 g/mol. The Balaban J connectivity index is 1.83. The molecule has 11 heteroatoms. The Kier molecular flexibility index (Phi) is 6.83. The summed E-state index contributed by atoms with van der Waals surface area (Å²) >= 11 is 5.89. The summed E-state index contributed by atoms with van der Waals surface area (Å²) in [4.78, 5) is 39.4. The van der Waals surface area contributed by atoms with Crippen LogP contribution in [-0.2, 0) is 19.4 Å². The Labute approximate surface area is 196 Å². The van der Waals surface area contributed by atoms with Crippen LogP contribution >= 0.6 is 11.6 Å². The third kappa shape index (κ3) is 4.87. The molecule has 1 atom stereocenters. The van der Waals surface area contributed by atoms with Gasteiger partial charge in [0.2, 0.25) is 5.91 Å². The monoisotopic (exact) mass is 493 g/mol. The summed E-state index contributed by atoms with van der Waals surface area (Å²) in [5, 5.41) is 9.69. The summed E-state index contributed by atoms with van der Waals surface area (Å²) in [6.07, 6.45) is 0. The van der Waals surface area contributed by atoms with Gasteiger partial charge in [-0.3, -0.25) is 19.7 Å². The second kappa shape index (κ2) is 9.12. The van der Waals surface area contributed by atoms with Crippen molar-refractivity contribution in [2.75, 3.05) is 19.3 Å². The predicted molar refractivity (Wildman–Crippen MR) is 121 cm³/mol. The fraction of sp³-hybridized carbons (Fsp3) is 0.318. The van der Waals surface area contributed by atoms with Gasteiger partial charge in [0.15, 0.2) is 9.84 Å². The molecule has 1 fully saturated rings. The molecule has 0 saturated carbocycles. The smallest absolute Gasteiger partial charge is 0.313 e. The maximum atomic E-state index is 13.0. The Bertz CT molecular complexity index is 1180. The second-order valence-corrected chi connectivity index (χ2v) is 10.8. The average molecular weight is 494 g/mol. The number of sulfone groups is 1. The number of benzene rings is 2. The number of urea groups is 1. The van der Waals surface area contributed by atoms with Gasteiger partial charge in [0.1, 0.15) is 5.54 Å². The lowest BCUT2D eigenvalue weighted by Crippen LogP contribution is -2.45. The molecule has 1 heterocycles. The van der Waals surface area contributed by atoms with Gasteiger partial charge < -0.3 is 4.90 Å². The second-order valence-electron chi connectivity index (χ2n) is 8.30. The van der Waals surface area contributed by atoms with E-state index in [1.54, 1.807) is 50.2 Å². The number of nitrogens with zero attached hydrogens (tertiary/aromatic N) is 2. The fourth-order valence-corrected chi connectivity index (χ4v) is 5.18. The molecule has 2 aromatic rings. The number of nitrogens with one attached hydrogen (secondary N) is 1. The largest absolute Gasteiger partial charge is 0.327 e. The van der Waals surface area contributed by atoms with E-state index in [0.717, 1.165) is 16.0 Å². The number of halogens is 1. The molecule has 2 aromatic carbocycles. The first kappa shape index (κ1) is 24.7. The molecular formula is C22H24ClN3O6S. The summed E-state index contributed by atoms with van der Waals surface area (Å²) in [7, 11) is -2.55. The van der Waals surface area contributed by atoms with Crippen molar-refractivity contribution in [1.29, 1.82) is 0 Å². The van der Waals surface area contributed by atoms with Gasteiger partial charge in [-0.15, -0.1) is 0 Å². The van der Waals surface area contributed by atoms with Crippen molar-refractivity contribution >= 4 is 39.3 Å². The van der Waals surface area contributed by atoms with Crippen molar-refractivity contribution in [2.45, 2.75) is 24.3 Å². The van der Waals surface area contributed by atoms with Crippen LogP contribution in [-0.4, -0.2) is 66.2 Å². The van der Waals surface area contributed by atoms with Crippen molar-refractivity contribution in [3.63, 3.8) is 0 Å². The van der Waals surface area contributed by atoms with Crippen LogP contribution in [0.5, 0.6) is 0 Å². The molecule has 0 aliphatic carbocycles. The molecule has 0 bridgehead atoms. The molecule has 176 valence electrons. The molecule has 1 aliphatic rings. The summed E-state index contributed by atoms with van der Waals surface area (Å²) in [5.74, 6) is -3.65. The standard InChI is InChI=1S/C22H24ClN3O6S/c1-22(2)20(28)26(21(29)25(22)3)12-16(19(27)24-30)13-33(31,32)18-10-6-15(7-11-18)14-4-8-17(23)9-5-14/h4-11,16,30H,12-13H2,1-3H3,(H,24,27). The fourth-order valence-electron chi connectivity index (χ4n) is 3.52. The highest BCUT2D eigenvalue weighted by Gasteiger charge is 2.50. The molecule has 0 aromatic heterocycles. The molecule has 1 unspecified atom stereocenters. The molecule has 0 radical (unpaired) electrons. The molecule has 0 spiro atoms. The first-order valence-electron chi connectivity index (χ1n) is 10.0. The van der Waals surface area contributed by atoms with E-state index in [1.165, 1.54) is 29.6 Å². The van der Waals surface area contributed by atoms with Gasteiger partial charge >= 0.3 is 6.03 Å². The normalized spacial score (nSPS) is 16.8. The SMILES string of the molecule is CN1C(=O)N(CC(CS(=O)(=O)c2ccc(-c3ccc(Cl)cc3)cc2)C(=O)NO)C(=O)C1(C)C. The number of carbonyl (C=O) groups excluding carboxylic acids is 3. The minimum atomic E-state index is -4.00. The van der Waals surface area contributed by atoms with Crippen LogP contribution in [0.4, 0.5) is 4.79 Å². The van der Waals surface area contributed by atoms with Crippen LogP contribution in [0.1, 0.15) is 13.8 Å². The quantitative estimate of drug-likeness (QED) is 0.347. The number of imide groups is 1. The van der Waals surface area contributed by atoms with Gasteiger partial charge in [0.25, 0.3) is 5.91 Å². The van der Waals surface area contributed by atoms with Crippen LogP contribution < -0.4 is 5.48 Å². The van der Waals surface area contributed by atoms with E-state index in [0.29, 0.717) is 5.02 Å². The zero-order chi connectivity index (χ0) is 24.6. The van der Waals surface area contributed by atoms with E-state index in [9.17, 15) is 22.8 Å². The summed E-state index contributed by atoms with van der Waals surface area (Å²) in [6.45, 7) is 2.61.